The fourth-order valence-corrected chi connectivity index (χ4v) is 4.76. The Morgan fingerprint density at radius 2 is 1.55 bits per heavy atom. The first-order chi connectivity index (χ1) is 15.0. The Kier molecular flexibility index (Phi) is 6.57. The molecule has 0 saturated carbocycles. The molecule has 182 valence electrons. The van der Waals surface area contributed by atoms with Crippen LogP contribution >= 0.6 is 0 Å². The largest absolute Gasteiger partial charge is 0.416 e. The minimum absolute atomic E-state index is 0.0102. The van der Waals surface area contributed by atoms with Gasteiger partial charge in [-0.15, -0.1) is 0 Å². The van der Waals surface area contributed by atoms with Crippen LogP contribution in [-0.4, -0.2) is 32.9 Å². The fourth-order valence-electron chi connectivity index (χ4n) is 3.48. The second-order valence-electron chi connectivity index (χ2n) is 7.74. The summed E-state index contributed by atoms with van der Waals surface area (Å²) >= 11 is 0. The predicted molar refractivity (Wildman–Crippen MR) is 104 cm³/mol. The summed E-state index contributed by atoms with van der Waals surface area (Å²) in [5.74, 6) is -0.582. The molecule has 2 atom stereocenters. The van der Waals surface area contributed by atoms with E-state index in [1.54, 1.807) is 0 Å². The first-order valence-electron chi connectivity index (χ1n) is 9.46. The van der Waals surface area contributed by atoms with E-state index in [2.05, 4.69) is 4.72 Å². The first-order valence-corrected chi connectivity index (χ1v) is 10.9. The van der Waals surface area contributed by atoms with Crippen LogP contribution in [0.3, 0.4) is 0 Å². The topological polar surface area (TPSA) is 58.6 Å². The summed E-state index contributed by atoms with van der Waals surface area (Å²) in [6, 6.07) is 5.93. The molecule has 0 aliphatic carbocycles. The van der Waals surface area contributed by atoms with E-state index in [1.807, 2.05) is 0 Å². The van der Waals surface area contributed by atoms with Crippen LogP contribution in [0.4, 0.5) is 30.7 Å². The van der Waals surface area contributed by atoms with Gasteiger partial charge >= 0.3 is 12.4 Å². The predicted octanol–water partition coefficient (Wildman–Crippen LogP) is 4.62. The summed E-state index contributed by atoms with van der Waals surface area (Å²) in [7, 11) is -2.67. The van der Waals surface area contributed by atoms with Gasteiger partial charge in [0.2, 0.25) is 0 Å². The molecule has 33 heavy (non-hydrogen) atoms. The Hall–Kier alpha value is -2.22. The molecule has 1 saturated heterocycles. The first kappa shape index (κ1) is 25.4. The third-order valence-corrected chi connectivity index (χ3v) is 6.88. The van der Waals surface area contributed by atoms with Gasteiger partial charge in [0, 0.05) is 13.6 Å². The zero-order valence-electron chi connectivity index (χ0n) is 17.3. The quantitative estimate of drug-likeness (QED) is 0.610. The highest BCUT2D eigenvalue weighted by Crippen LogP contribution is 2.38. The van der Waals surface area contributed by atoms with Gasteiger partial charge in [0.05, 0.1) is 29.4 Å². The molecule has 2 aromatic carbocycles. The van der Waals surface area contributed by atoms with E-state index in [-0.39, 0.29) is 18.2 Å². The van der Waals surface area contributed by atoms with Crippen molar-refractivity contribution >= 4 is 10.2 Å². The van der Waals surface area contributed by atoms with Crippen LogP contribution in [0.25, 0.3) is 0 Å². The van der Waals surface area contributed by atoms with Crippen molar-refractivity contribution in [2.24, 2.45) is 0 Å². The molecule has 0 radical (unpaired) electrons. The van der Waals surface area contributed by atoms with Gasteiger partial charge in [-0.2, -0.15) is 43.8 Å². The highest BCUT2D eigenvalue weighted by molar-refractivity contribution is 7.87. The van der Waals surface area contributed by atoms with E-state index in [1.165, 1.54) is 26.1 Å². The smallest absolute Gasteiger partial charge is 0.371 e. The van der Waals surface area contributed by atoms with Crippen LogP contribution in [0.15, 0.2) is 42.5 Å². The van der Waals surface area contributed by atoms with E-state index < -0.39 is 57.8 Å². The Labute approximate surface area is 185 Å². The summed E-state index contributed by atoms with van der Waals surface area (Å²) in [6.45, 7) is 0.645. The molecule has 0 unspecified atom stereocenters. The maximum atomic E-state index is 13.4. The van der Waals surface area contributed by atoms with Gasteiger partial charge in [0.15, 0.2) is 0 Å². The zero-order valence-corrected chi connectivity index (χ0v) is 18.1. The van der Waals surface area contributed by atoms with Gasteiger partial charge in [-0.3, -0.25) is 0 Å². The minimum atomic E-state index is -5.02. The van der Waals surface area contributed by atoms with Crippen molar-refractivity contribution in [3.05, 3.63) is 70.5 Å². The fraction of sp³-hybridized carbons (Fsp3) is 0.400. The molecule has 1 N–H and O–H groups in total. The Morgan fingerprint density at radius 1 is 1.03 bits per heavy atom. The number of ether oxygens (including phenoxy) is 1. The second-order valence-corrected chi connectivity index (χ2v) is 9.52. The van der Waals surface area contributed by atoms with Crippen LogP contribution in [0.1, 0.15) is 35.3 Å². The van der Waals surface area contributed by atoms with Gasteiger partial charge < -0.3 is 4.74 Å². The van der Waals surface area contributed by atoms with Crippen molar-refractivity contribution in [2.45, 2.75) is 30.9 Å². The van der Waals surface area contributed by atoms with Crippen molar-refractivity contribution in [1.29, 1.82) is 0 Å². The van der Waals surface area contributed by atoms with Crippen LogP contribution in [0.5, 0.6) is 0 Å². The number of nitrogens with one attached hydrogen (secondary N) is 1. The second kappa shape index (κ2) is 8.53. The monoisotopic (exact) mass is 500 g/mol. The SMILES string of the molecule is C[C@@H](OC[C@@]1(c2ccc(F)cc2)CN(C)S(=O)(=O)N1)c1cc(C(F)(F)F)cc(C(F)(F)F)c1. The Bertz CT molecular complexity index is 1090. The zero-order chi connectivity index (χ0) is 24.8. The summed E-state index contributed by atoms with van der Waals surface area (Å²) in [4.78, 5) is 0. The number of nitrogens with zero attached hydrogens (tertiary/aromatic N) is 1. The highest BCUT2D eigenvalue weighted by atomic mass is 32.2. The molecule has 1 aliphatic rings. The number of alkyl halides is 6. The lowest BCUT2D eigenvalue weighted by Crippen LogP contribution is -2.45. The van der Waals surface area contributed by atoms with Gasteiger partial charge in [-0.1, -0.05) is 12.1 Å². The molecule has 0 bridgehead atoms. The van der Waals surface area contributed by atoms with Crippen molar-refractivity contribution < 1.29 is 43.9 Å². The molecule has 13 heteroatoms. The Balaban J connectivity index is 1.94. The molecule has 1 heterocycles. The van der Waals surface area contributed by atoms with Crippen LogP contribution in [0, 0.1) is 5.82 Å². The number of hydrogen-bond donors (Lipinski definition) is 1. The number of halogens is 7. The lowest BCUT2D eigenvalue weighted by atomic mass is 9.91. The number of rotatable bonds is 5. The molecule has 0 amide bonds. The van der Waals surface area contributed by atoms with Gasteiger partial charge in [-0.25, -0.2) is 4.39 Å². The summed E-state index contributed by atoms with van der Waals surface area (Å²) in [6.07, 6.45) is -11.3. The van der Waals surface area contributed by atoms with E-state index >= 15 is 0 Å². The number of hydrogen-bond acceptors (Lipinski definition) is 3. The third kappa shape index (κ3) is 5.48. The average Bonchev–Trinajstić information content (AvgIpc) is 2.94. The molecule has 5 nitrogen and oxygen atoms in total. The maximum absolute atomic E-state index is 13.4. The van der Waals surface area contributed by atoms with Crippen molar-refractivity contribution in [3.63, 3.8) is 0 Å². The van der Waals surface area contributed by atoms with E-state index in [0.717, 1.165) is 16.4 Å². The van der Waals surface area contributed by atoms with Crippen LogP contribution in [0.2, 0.25) is 0 Å². The van der Waals surface area contributed by atoms with Crippen molar-refractivity contribution in [2.75, 3.05) is 20.2 Å². The highest BCUT2D eigenvalue weighted by Gasteiger charge is 2.47. The van der Waals surface area contributed by atoms with E-state index in [4.69, 9.17) is 4.74 Å². The molecular formula is C20H19F7N2O3S. The lowest BCUT2D eigenvalue weighted by molar-refractivity contribution is -0.143. The molecule has 3 rings (SSSR count). The number of likely N-dealkylation sites (N-methyl/N-ethyl adjacent to an activating group) is 1. The molecule has 0 aromatic heterocycles. The lowest BCUT2D eigenvalue weighted by Gasteiger charge is -2.30. The van der Waals surface area contributed by atoms with Gasteiger partial charge in [0.25, 0.3) is 10.2 Å². The maximum Gasteiger partial charge on any atom is 0.416 e. The van der Waals surface area contributed by atoms with Gasteiger partial charge in [-0.05, 0) is 48.4 Å². The van der Waals surface area contributed by atoms with Crippen LogP contribution in [-0.2, 0) is 32.8 Å². The van der Waals surface area contributed by atoms with Crippen LogP contribution < -0.4 is 4.72 Å². The van der Waals surface area contributed by atoms with E-state index in [0.29, 0.717) is 17.7 Å². The van der Waals surface area contributed by atoms with Crippen molar-refractivity contribution in [1.82, 2.24) is 9.03 Å². The Morgan fingerprint density at radius 3 is 1.97 bits per heavy atom. The van der Waals surface area contributed by atoms with E-state index in [9.17, 15) is 39.2 Å². The molecule has 1 fully saturated rings. The summed E-state index contributed by atoms with van der Waals surface area (Å²) < 4.78 is 126. The third-order valence-electron chi connectivity index (χ3n) is 5.28. The molecule has 1 aliphatic heterocycles. The summed E-state index contributed by atoms with van der Waals surface area (Å²) in [5, 5.41) is 0. The van der Waals surface area contributed by atoms with Crippen molar-refractivity contribution in [3.8, 4) is 0 Å². The molecular weight excluding hydrogens is 481 g/mol. The minimum Gasteiger partial charge on any atom is -0.371 e. The normalized spacial score (nSPS) is 22.5. The summed E-state index contributed by atoms with van der Waals surface area (Å²) in [5.41, 5.74) is -4.50. The van der Waals surface area contributed by atoms with Gasteiger partial charge in [0.1, 0.15) is 5.82 Å². The number of benzene rings is 2. The molecule has 0 spiro atoms. The standard InChI is InChI=1S/C20H19F7N2O3S/c1-12(13-7-15(19(22,23)24)9-16(8-13)20(25,26)27)32-11-18(10-29(2)33(30,31)28-18)14-3-5-17(21)6-4-14/h3-9,12,28H,10-11H2,1-2H3/t12-,18-/m1/s1. The average molecular weight is 500 g/mol. The molecule has 2 aromatic rings.